The maximum atomic E-state index is 10.5. The van der Waals surface area contributed by atoms with Crippen LogP contribution in [0, 0.1) is 11.8 Å². The molecule has 0 aliphatic heterocycles. The number of hydrogen-bond donors (Lipinski definition) is 2. The molecule has 4 N–H and O–H groups in total. The number of nitrogens with two attached hydrogens (primary N) is 2. The van der Waals surface area contributed by atoms with E-state index in [1.54, 1.807) is 0 Å². The zero-order chi connectivity index (χ0) is 13.2. The Balaban J connectivity index is 2.44. The molecule has 0 unspecified atom stereocenters. The smallest absolute Gasteiger partial charge is 0.218 e. The van der Waals surface area contributed by atoms with Crippen molar-refractivity contribution in [1.82, 2.24) is 0 Å². The SMILES string of the molecule is NCCOc1cccc(CC#CCCC(N)=O)c1. The minimum Gasteiger partial charge on any atom is -0.492 e. The van der Waals surface area contributed by atoms with Gasteiger partial charge in [0.05, 0.1) is 0 Å². The number of primary amides is 1. The molecule has 0 fully saturated rings. The van der Waals surface area contributed by atoms with Crippen molar-refractivity contribution in [2.45, 2.75) is 19.3 Å². The molecule has 0 aliphatic carbocycles. The van der Waals surface area contributed by atoms with Crippen molar-refractivity contribution in [3.63, 3.8) is 0 Å². The Morgan fingerprint density at radius 3 is 2.89 bits per heavy atom. The number of rotatable bonds is 6. The standard InChI is InChI=1S/C14H18N2O2/c15-9-10-18-13-7-4-6-12(11-13)5-2-1-3-8-14(16)17/h4,6-7,11H,3,5,8-10,15H2,(H2,16,17). The lowest BCUT2D eigenvalue weighted by molar-refractivity contribution is -0.117. The van der Waals surface area contributed by atoms with E-state index in [4.69, 9.17) is 16.2 Å². The van der Waals surface area contributed by atoms with E-state index in [-0.39, 0.29) is 5.91 Å². The predicted molar refractivity (Wildman–Crippen MR) is 70.9 cm³/mol. The van der Waals surface area contributed by atoms with Gasteiger partial charge in [-0.15, -0.1) is 5.92 Å². The third-order valence-corrected chi connectivity index (χ3v) is 2.20. The quantitative estimate of drug-likeness (QED) is 0.730. The largest absolute Gasteiger partial charge is 0.492 e. The molecule has 1 rings (SSSR count). The first kappa shape index (κ1) is 14.1. The first-order valence-corrected chi connectivity index (χ1v) is 5.88. The number of amides is 1. The molecule has 4 heteroatoms. The van der Waals surface area contributed by atoms with E-state index in [1.165, 1.54) is 0 Å². The highest BCUT2D eigenvalue weighted by Crippen LogP contribution is 2.13. The Morgan fingerprint density at radius 1 is 1.33 bits per heavy atom. The summed E-state index contributed by atoms with van der Waals surface area (Å²) < 4.78 is 5.42. The summed E-state index contributed by atoms with van der Waals surface area (Å²) in [6.45, 7) is 1.00. The number of carbonyl (C=O) groups excluding carboxylic acids is 1. The van der Waals surface area contributed by atoms with E-state index in [2.05, 4.69) is 11.8 Å². The topological polar surface area (TPSA) is 78.3 Å². The third kappa shape index (κ3) is 5.92. The molecular formula is C14H18N2O2. The van der Waals surface area contributed by atoms with Crippen LogP contribution in [-0.4, -0.2) is 19.1 Å². The fourth-order valence-corrected chi connectivity index (χ4v) is 1.36. The summed E-state index contributed by atoms with van der Waals surface area (Å²) >= 11 is 0. The van der Waals surface area contributed by atoms with Crippen molar-refractivity contribution >= 4 is 5.91 Å². The molecule has 1 aromatic rings. The van der Waals surface area contributed by atoms with Crippen LogP contribution in [-0.2, 0) is 11.2 Å². The van der Waals surface area contributed by atoms with Crippen LogP contribution in [0.4, 0.5) is 0 Å². The van der Waals surface area contributed by atoms with Crippen molar-refractivity contribution in [2.75, 3.05) is 13.2 Å². The summed E-state index contributed by atoms with van der Waals surface area (Å²) in [7, 11) is 0. The Labute approximate surface area is 107 Å². The Kier molecular flexibility index (Phi) is 6.37. The lowest BCUT2D eigenvalue weighted by Crippen LogP contribution is -2.10. The average molecular weight is 246 g/mol. The second kappa shape index (κ2) is 8.15. The van der Waals surface area contributed by atoms with E-state index < -0.39 is 0 Å². The molecule has 0 spiro atoms. The van der Waals surface area contributed by atoms with Crippen molar-refractivity contribution in [3.05, 3.63) is 29.8 Å². The van der Waals surface area contributed by atoms with Gasteiger partial charge in [0.2, 0.25) is 5.91 Å². The van der Waals surface area contributed by atoms with Gasteiger partial charge in [-0.1, -0.05) is 18.1 Å². The summed E-state index contributed by atoms with van der Waals surface area (Å²) in [6.07, 6.45) is 1.46. The number of benzene rings is 1. The average Bonchev–Trinajstić information content (AvgIpc) is 2.36. The highest BCUT2D eigenvalue weighted by Gasteiger charge is 1.95. The van der Waals surface area contributed by atoms with Crippen molar-refractivity contribution in [1.29, 1.82) is 0 Å². The van der Waals surface area contributed by atoms with Crippen molar-refractivity contribution < 1.29 is 9.53 Å². The molecule has 96 valence electrons. The second-order valence-electron chi connectivity index (χ2n) is 3.78. The summed E-state index contributed by atoms with van der Waals surface area (Å²) in [6, 6.07) is 7.74. The Bertz CT molecular complexity index is 447. The highest BCUT2D eigenvalue weighted by atomic mass is 16.5. The molecule has 1 amide bonds. The number of ether oxygens (including phenoxy) is 1. The van der Waals surface area contributed by atoms with Gasteiger partial charge >= 0.3 is 0 Å². The molecule has 0 bridgehead atoms. The zero-order valence-corrected chi connectivity index (χ0v) is 10.3. The molecule has 0 aliphatic rings. The van der Waals surface area contributed by atoms with Crippen LogP contribution in [0.3, 0.4) is 0 Å². The van der Waals surface area contributed by atoms with Gasteiger partial charge in [0, 0.05) is 25.8 Å². The van der Waals surface area contributed by atoms with Crippen LogP contribution in [0.25, 0.3) is 0 Å². The molecule has 0 saturated carbocycles. The van der Waals surface area contributed by atoms with Gasteiger partial charge in [0.25, 0.3) is 0 Å². The lowest BCUT2D eigenvalue weighted by atomic mass is 10.1. The summed E-state index contributed by atoms with van der Waals surface area (Å²) in [5, 5.41) is 0. The highest BCUT2D eigenvalue weighted by molar-refractivity contribution is 5.73. The maximum Gasteiger partial charge on any atom is 0.218 e. The van der Waals surface area contributed by atoms with E-state index in [0.717, 1.165) is 11.3 Å². The summed E-state index contributed by atoms with van der Waals surface area (Å²) in [4.78, 5) is 10.5. The molecule has 0 atom stereocenters. The van der Waals surface area contributed by atoms with Gasteiger partial charge in [0.1, 0.15) is 12.4 Å². The molecule has 4 nitrogen and oxygen atoms in total. The molecule has 1 aromatic carbocycles. The fraction of sp³-hybridized carbons (Fsp3) is 0.357. The predicted octanol–water partition coefficient (Wildman–Crippen LogP) is 0.835. The molecule has 0 saturated heterocycles. The van der Waals surface area contributed by atoms with Gasteiger partial charge in [-0.25, -0.2) is 0 Å². The third-order valence-electron chi connectivity index (χ3n) is 2.20. The van der Waals surface area contributed by atoms with Crippen LogP contribution in [0.5, 0.6) is 5.75 Å². The number of carbonyl (C=O) groups is 1. The Morgan fingerprint density at radius 2 is 2.17 bits per heavy atom. The van der Waals surface area contributed by atoms with E-state index in [9.17, 15) is 4.79 Å². The first-order chi connectivity index (χ1) is 8.72. The van der Waals surface area contributed by atoms with Gasteiger partial charge in [-0.3, -0.25) is 4.79 Å². The lowest BCUT2D eigenvalue weighted by Gasteiger charge is -2.05. The fourth-order valence-electron chi connectivity index (χ4n) is 1.36. The minimum atomic E-state index is -0.318. The van der Waals surface area contributed by atoms with Crippen molar-refractivity contribution in [3.8, 4) is 17.6 Å². The van der Waals surface area contributed by atoms with Gasteiger partial charge in [-0.05, 0) is 17.7 Å². The van der Waals surface area contributed by atoms with Gasteiger partial charge in [-0.2, -0.15) is 0 Å². The number of hydrogen-bond acceptors (Lipinski definition) is 3. The summed E-state index contributed by atoms with van der Waals surface area (Å²) in [5.74, 6) is 6.40. The molecule has 18 heavy (non-hydrogen) atoms. The molecule has 0 radical (unpaired) electrons. The molecular weight excluding hydrogens is 228 g/mol. The zero-order valence-electron chi connectivity index (χ0n) is 10.3. The van der Waals surface area contributed by atoms with E-state index >= 15 is 0 Å². The normalized spacial score (nSPS) is 9.39. The van der Waals surface area contributed by atoms with Crippen LogP contribution < -0.4 is 16.2 Å². The van der Waals surface area contributed by atoms with Crippen LogP contribution in [0.2, 0.25) is 0 Å². The summed E-state index contributed by atoms with van der Waals surface area (Å²) in [5.41, 5.74) is 11.5. The van der Waals surface area contributed by atoms with Crippen LogP contribution >= 0.6 is 0 Å². The second-order valence-corrected chi connectivity index (χ2v) is 3.78. The van der Waals surface area contributed by atoms with Gasteiger partial charge in [0.15, 0.2) is 0 Å². The minimum absolute atomic E-state index is 0.312. The van der Waals surface area contributed by atoms with Crippen molar-refractivity contribution in [2.24, 2.45) is 11.5 Å². The van der Waals surface area contributed by atoms with E-state index in [0.29, 0.717) is 32.4 Å². The molecule has 0 aromatic heterocycles. The maximum absolute atomic E-state index is 10.5. The monoisotopic (exact) mass is 246 g/mol. The van der Waals surface area contributed by atoms with Crippen LogP contribution in [0.15, 0.2) is 24.3 Å². The Hall–Kier alpha value is -1.99. The van der Waals surface area contributed by atoms with Crippen LogP contribution in [0.1, 0.15) is 18.4 Å². The van der Waals surface area contributed by atoms with E-state index in [1.807, 2.05) is 24.3 Å². The molecule has 0 heterocycles. The first-order valence-electron chi connectivity index (χ1n) is 5.88. The van der Waals surface area contributed by atoms with Gasteiger partial charge < -0.3 is 16.2 Å².